The fraction of sp³-hybridized carbons (Fsp3) is 0.700. The lowest BCUT2D eigenvalue weighted by molar-refractivity contribution is 0.410. The average molecular weight is 261 g/mol. The highest BCUT2D eigenvalue weighted by Crippen LogP contribution is 2.20. The molecule has 0 radical (unpaired) electrons. The van der Waals surface area contributed by atoms with Gasteiger partial charge in [-0.05, 0) is 12.8 Å². The lowest BCUT2D eigenvalue weighted by atomic mass is 9.96. The van der Waals surface area contributed by atoms with E-state index < -0.39 is 16.0 Å². The van der Waals surface area contributed by atoms with Crippen LogP contribution in [0, 0.1) is 5.95 Å². The molecule has 7 heteroatoms. The minimum Gasteiger partial charge on any atom is -0.242 e. The van der Waals surface area contributed by atoms with Crippen molar-refractivity contribution in [2.24, 2.45) is 7.05 Å². The van der Waals surface area contributed by atoms with Gasteiger partial charge in [0, 0.05) is 13.1 Å². The molecule has 0 amide bonds. The molecule has 1 aliphatic carbocycles. The first-order valence-corrected chi connectivity index (χ1v) is 7.19. The number of nitrogens with one attached hydrogen (secondary N) is 1. The normalized spacial score (nSPS) is 18.5. The van der Waals surface area contributed by atoms with Crippen molar-refractivity contribution in [2.75, 3.05) is 0 Å². The van der Waals surface area contributed by atoms with Crippen LogP contribution in [0.1, 0.15) is 32.1 Å². The molecule has 1 N–H and O–H groups in total. The number of aromatic nitrogens is 2. The van der Waals surface area contributed by atoms with Crippen LogP contribution in [0.3, 0.4) is 0 Å². The van der Waals surface area contributed by atoms with Gasteiger partial charge in [-0.2, -0.15) is 9.49 Å². The van der Waals surface area contributed by atoms with Crippen molar-refractivity contribution in [3.05, 3.63) is 12.1 Å². The number of aryl methyl sites for hydroxylation is 1. The largest absolute Gasteiger partial charge is 0.246 e. The van der Waals surface area contributed by atoms with Crippen molar-refractivity contribution in [3.8, 4) is 0 Å². The Balaban J connectivity index is 2.16. The maximum atomic E-state index is 13.5. The fourth-order valence-electron chi connectivity index (χ4n) is 2.09. The van der Waals surface area contributed by atoms with Gasteiger partial charge in [-0.15, -0.1) is 0 Å². The van der Waals surface area contributed by atoms with Crippen molar-refractivity contribution in [1.29, 1.82) is 0 Å². The van der Waals surface area contributed by atoms with Crippen molar-refractivity contribution in [2.45, 2.75) is 43.0 Å². The third kappa shape index (κ3) is 2.66. The number of nitrogens with zero attached hydrogens (tertiary/aromatic N) is 2. The first kappa shape index (κ1) is 12.5. The van der Waals surface area contributed by atoms with E-state index in [-0.39, 0.29) is 10.9 Å². The molecule has 1 aromatic rings. The zero-order chi connectivity index (χ0) is 12.5. The lowest BCUT2D eigenvalue weighted by Gasteiger charge is -2.22. The van der Waals surface area contributed by atoms with Gasteiger partial charge in [-0.1, -0.05) is 19.3 Å². The molecule has 2 rings (SSSR count). The highest BCUT2D eigenvalue weighted by molar-refractivity contribution is 7.89. The summed E-state index contributed by atoms with van der Waals surface area (Å²) >= 11 is 0. The van der Waals surface area contributed by atoms with E-state index in [1.807, 2.05) is 0 Å². The third-order valence-corrected chi connectivity index (χ3v) is 4.55. The summed E-state index contributed by atoms with van der Waals surface area (Å²) in [6.07, 6.45) is 5.85. The van der Waals surface area contributed by atoms with Gasteiger partial charge in [-0.3, -0.25) is 0 Å². The van der Waals surface area contributed by atoms with Gasteiger partial charge in [0.15, 0.2) is 4.90 Å². The minimum atomic E-state index is -3.78. The van der Waals surface area contributed by atoms with Gasteiger partial charge >= 0.3 is 0 Å². The van der Waals surface area contributed by atoms with E-state index >= 15 is 0 Å². The van der Waals surface area contributed by atoms with Crippen molar-refractivity contribution < 1.29 is 12.8 Å². The van der Waals surface area contributed by atoms with Crippen LogP contribution in [0.5, 0.6) is 0 Å². The van der Waals surface area contributed by atoms with E-state index in [9.17, 15) is 12.8 Å². The Kier molecular flexibility index (Phi) is 3.48. The summed E-state index contributed by atoms with van der Waals surface area (Å²) in [6, 6.07) is -0.0756. The lowest BCUT2D eigenvalue weighted by Crippen LogP contribution is -2.36. The molecule has 0 atom stereocenters. The first-order chi connectivity index (χ1) is 8.00. The van der Waals surface area contributed by atoms with Crippen LogP contribution in [0.2, 0.25) is 0 Å². The molecule has 0 unspecified atom stereocenters. The van der Waals surface area contributed by atoms with Crippen LogP contribution in [0.25, 0.3) is 0 Å². The number of hydrogen-bond donors (Lipinski definition) is 1. The molecule has 0 bridgehead atoms. The van der Waals surface area contributed by atoms with Crippen LogP contribution in [-0.4, -0.2) is 24.2 Å². The van der Waals surface area contributed by atoms with Crippen LogP contribution in [0.15, 0.2) is 11.1 Å². The molecule has 1 heterocycles. The van der Waals surface area contributed by atoms with Gasteiger partial charge in [0.05, 0.1) is 6.20 Å². The van der Waals surface area contributed by atoms with Crippen LogP contribution >= 0.6 is 0 Å². The molecule has 1 saturated carbocycles. The van der Waals surface area contributed by atoms with E-state index in [0.717, 1.165) is 43.0 Å². The second kappa shape index (κ2) is 4.73. The molecule has 17 heavy (non-hydrogen) atoms. The predicted octanol–water partition coefficient (Wildman–Crippen LogP) is 1.17. The molecule has 0 aliphatic heterocycles. The second-order valence-corrected chi connectivity index (χ2v) is 6.06. The van der Waals surface area contributed by atoms with Gasteiger partial charge in [-0.25, -0.2) is 17.8 Å². The van der Waals surface area contributed by atoms with Gasteiger partial charge < -0.3 is 0 Å². The zero-order valence-corrected chi connectivity index (χ0v) is 10.5. The summed E-state index contributed by atoms with van der Waals surface area (Å²) < 4.78 is 40.8. The van der Waals surface area contributed by atoms with Crippen LogP contribution < -0.4 is 4.72 Å². The summed E-state index contributed by atoms with van der Waals surface area (Å²) in [5.41, 5.74) is 0. The maximum Gasteiger partial charge on any atom is 0.246 e. The number of halogens is 1. The van der Waals surface area contributed by atoms with E-state index in [4.69, 9.17) is 0 Å². The maximum absolute atomic E-state index is 13.5. The zero-order valence-electron chi connectivity index (χ0n) is 9.69. The highest BCUT2D eigenvalue weighted by Gasteiger charge is 2.26. The molecule has 1 aliphatic rings. The van der Waals surface area contributed by atoms with Crippen molar-refractivity contribution >= 4 is 10.0 Å². The Morgan fingerprint density at radius 3 is 2.59 bits per heavy atom. The molecule has 1 aromatic heterocycles. The smallest absolute Gasteiger partial charge is 0.242 e. The predicted molar refractivity (Wildman–Crippen MR) is 60.4 cm³/mol. The molecule has 0 aromatic carbocycles. The monoisotopic (exact) mass is 261 g/mol. The van der Waals surface area contributed by atoms with Crippen molar-refractivity contribution in [3.63, 3.8) is 0 Å². The Labute approximate surface area is 100 Å². The highest BCUT2D eigenvalue weighted by atomic mass is 32.2. The van der Waals surface area contributed by atoms with Gasteiger partial charge in [0.2, 0.25) is 16.0 Å². The summed E-state index contributed by atoms with van der Waals surface area (Å²) in [5.74, 6) is -0.826. The quantitative estimate of drug-likeness (QED) is 0.888. The van der Waals surface area contributed by atoms with E-state index in [0.29, 0.717) is 0 Å². The van der Waals surface area contributed by atoms with E-state index in [1.54, 1.807) is 0 Å². The number of sulfonamides is 1. The fourth-order valence-corrected chi connectivity index (χ4v) is 3.43. The minimum absolute atomic E-state index is 0.0756. The first-order valence-electron chi connectivity index (χ1n) is 5.70. The summed E-state index contributed by atoms with van der Waals surface area (Å²) in [5, 5.41) is 3.60. The summed E-state index contributed by atoms with van der Waals surface area (Å²) in [7, 11) is -2.41. The summed E-state index contributed by atoms with van der Waals surface area (Å²) in [6.45, 7) is 0. The Morgan fingerprint density at radius 2 is 2.06 bits per heavy atom. The van der Waals surface area contributed by atoms with Gasteiger partial charge in [0.25, 0.3) is 0 Å². The second-order valence-electron chi connectivity index (χ2n) is 4.38. The number of rotatable bonds is 3. The molecular formula is C10H16FN3O2S. The summed E-state index contributed by atoms with van der Waals surface area (Å²) in [4.78, 5) is -0.370. The Bertz CT molecular complexity index is 492. The van der Waals surface area contributed by atoms with Crippen LogP contribution in [-0.2, 0) is 17.1 Å². The molecule has 0 spiro atoms. The molecular weight excluding hydrogens is 245 g/mol. The molecule has 1 fully saturated rings. The van der Waals surface area contributed by atoms with E-state index in [1.165, 1.54) is 7.05 Å². The standard InChI is InChI=1S/C10H16FN3O2S/c1-14-10(11)9(7-12-14)17(15,16)13-8-5-3-2-4-6-8/h7-8,13H,2-6H2,1H3. The molecule has 96 valence electrons. The third-order valence-electron chi connectivity index (χ3n) is 3.05. The Hall–Kier alpha value is -0.950. The van der Waals surface area contributed by atoms with Crippen molar-refractivity contribution in [1.82, 2.24) is 14.5 Å². The van der Waals surface area contributed by atoms with E-state index in [2.05, 4.69) is 9.82 Å². The number of hydrogen-bond acceptors (Lipinski definition) is 3. The molecule has 5 nitrogen and oxygen atoms in total. The average Bonchev–Trinajstić information content (AvgIpc) is 2.61. The SMILES string of the molecule is Cn1ncc(S(=O)(=O)NC2CCCCC2)c1F. The van der Waals surface area contributed by atoms with Crippen LogP contribution in [0.4, 0.5) is 4.39 Å². The molecule has 0 saturated heterocycles. The van der Waals surface area contributed by atoms with Gasteiger partial charge in [0.1, 0.15) is 0 Å². The topological polar surface area (TPSA) is 64.0 Å². The Morgan fingerprint density at radius 1 is 1.41 bits per heavy atom.